The summed E-state index contributed by atoms with van der Waals surface area (Å²) >= 11 is 0. The van der Waals surface area contributed by atoms with Gasteiger partial charge in [-0.2, -0.15) is 14.1 Å². The molecule has 6 heavy (non-hydrogen) atoms. The Bertz CT molecular complexity index is 11.5. The Balaban J connectivity index is -0.00000000667. The third-order valence-electron chi connectivity index (χ3n) is 0. The molecule has 0 unspecified atom stereocenters. The van der Waals surface area contributed by atoms with E-state index >= 15 is 0 Å². The first-order valence-corrected chi connectivity index (χ1v) is 0.894. The van der Waals surface area contributed by atoms with Crippen molar-refractivity contribution in [2.75, 3.05) is 14.1 Å². The van der Waals surface area contributed by atoms with E-state index in [1.807, 2.05) is 0 Å². The van der Waals surface area contributed by atoms with E-state index in [1.165, 1.54) is 0 Å². The van der Waals surface area contributed by atoms with E-state index in [0.717, 1.165) is 0 Å². The minimum atomic E-state index is 0. The van der Waals surface area contributed by atoms with Crippen molar-refractivity contribution >= 4 is 24.8 Å². The molecule has 0 radical (unpaired) electrons. The summed E-state index contributed by atoms with van der Waals surface area (Å²) in [5, 5.41) is 3.50. The van der Waals surface area contributed by atoms with Gasteiger partial charge in [-0.15, -0.1) is 24.8 Å². The predicted octanol–water partition coefficient (Wildman–Crippen LogP) is 1.46. The fourth-order valence-electron chi connectivity index (χ4n) is 0. The van der Waals surface area contributed by atoms with Gasteiger partial charge in [0.2, 0.25) is 0 Å². The summed E-state index contributed by atoms with van der Waals surface area (Å²) < 4.78 is 0. The normalized spacial score (nSPS) is 3.00. The van der Waals surface area contributed by atoms with E-state index in [2.05, 4.69) is 5.32 Å². The fourth-order valence-corrected chi connectivity index (χ4v) is 0. The van der Waals surface area contributed by atoms with E-state index in [0.29, 0.717) is 0 Å². The largest absolute Gasteiger partial charge is 0.668 e. The van der Waals surface area contributed by atoms with Gasteiger partial charge in [-0.1, -0.05) is 0 Å². The Morgan fingerprint density at radius 3 is 1.00 bits per heavy atom. The second kappa shape index (κ2) is 34.0. The zero-order valence-electron chi connectivity index (χ0n) is 3.76. The molecule has 40 valence electrons. The van der Waals surface area contributed by atoms with Gasteiger partial charge in [0.05, 0.1) is 0 Å². The standard InChI is InChI=1S/C2H6N.2ClH.Ti/c1-3-2;;;/h1-2H3;2*1H;/q-1;;;. The van der Waals surface area contributed by atoms with Crippen molar-refractivity contribution in [3.05, 3.63) is 5.32 Å². The summed E-state index contributed by atoms with van der Waals surface area (Å²) in [6, 6.07) is 0. The van der Waals surface area contributed by atoms with Gasteiger partial charge in [0.25, 0.3) is 0 Å². The maximum atomic E-state index is 3.50. The van der Waals surface area contributed by atoms with Crippen LogP contribution < -0.4 is 0 Å². The van der Waals surface area contributed by atoms with Gasteiger partial charge in [-0.25, -0.2) is 0 Å². The molecule has 0 spiro atoms. The molecule has 4 heteroatoms. The molecule has 0 aromatic rings. The van der Waals surface area contributed by atoms with E-state index in [1.54, 1.807) is 14.1 Å². The van der Waals surface area contributed by atoms with Crippen LogP contribution in [0.4, 0.5) is 0 Å². The average Bonchev–Trinajstić information content (AvgIpc) is 0.918. The molecule has 1 nitrogen and oxygen atoms in total. The van der Waals surface area contributed by atoms with Crippen LogP contribution in [0.3, 0.4) is 0 Å². The van der Waals surface area contributed by atoms with Crippen molar-refractivity contribution in [2.24, 2.45) is 0 Å². The van der Waals surface area contributed by atoms with Crippen LogP contribution in [0.25, 0.3) is 5.32 Å². The van der Waals surface area contributed by atoms with Gasteiger partial charge >= 0.3 is 0 Å². The predicted molar refractivity (Wildman–Crippen MR) is 29.7 cm³/mol. The van der Waals surface area contributed by atoms with E-state index in [4.69, 9.17) is 0 Å². The smallest absolute Gasteiger partial charge is 0 e. The Labute approximate surface area is 66.0 Å². The minimum Gasteiger partial charge on any atom is -0.668 e. The van der Waals surface area contributed by atoms with Gasteiger partial charge in [-0.05, 0) is 0 Å². The van der Waals surface area contributed by atoms with Gasteiger partial charge in [0, 0.05) is 21.7 Å². The summed E-state index contributed by atoms with van der Waals surface area (Å²) in [4.78, 5) is 0. The zero-order chi connectivity index (χ0) is 2.71. The molecule has 0 aromatic carbocycles. The molecule has 0 aliphatic carbocycles. The molecule has 0 fully saturated rings. The average molecular weight is 165 g/mol. The van der Waals surface area contributed by atoms with Crippen LogP contribution in [0.5, 0.6) is 0 Å². The molecule has 0 amide bonds. The maximum absolute atomic E-state index is 3.50. The maximum Gasteiger partial charge on any atom is 0 e. The van der Waals surface area contributed by atoms with Gasteiger partial charge in [0.1, 0.15) is 0 Å². The number of hydrogen-bond donors (Lipinski definition) is 0. The fraction of sp³-hybridized carbons (Fsp3) is 1.00. The number of rotatable bonds is 0. The van der Waals surface area contributed by atoms with Crippen molar-refractivity contribution in [2.45, 2.75) is 0 Å². The molecule has 0 saturated carbocycles. The molecule has 0 saturated heterocycles. The molecular weight excluding hydrogens is 157 g/mol. The number of halogens is 2. The Morgan fingerprint density at radius 1 is 1.00 bits per heavy atom. The topological polar surface area (TPSA) is 14.1 Å². The third kappa shape index (κ3) is 60.4. The SMILES string of the molecule is C[N-]C.Cl.Cl.[Ti]. The summed E-state index contributed by atoms with van der Waals surface area (Å²) in [6.45, 7) is 0. The molecule has 0 N–H and O–H groups in total. The number of hydrogen-bond acceptors (Lipinski definition) is 0. The number of nitrogens with zero attached hydrogens (tertiary/aromatic N) is 1. The van der Waals surface area contributed by atoms with Gasteiger partial charge in [0.15, 0.2) is 0 Å². The first-order valence-electron chi connectivity index (χ1n) is 0.894. The van der Waals surface area contributed by atoms with Crippen LogP contribution in [0, 0.1) is 0 Å². The molecule has 0 rings (SSSR count). The van der Waals surface area contributed by atoms with Crippen LogP contribution in [0.1, 0.15) is 0 Å². The molecule has 0 bridgehead atoms. The Morgan fingerprint density at radius 2 is 1.00 bits per heavy atom. The van der Waals surface area contributed by atoms with Gasteiger partial charge < -0.3 is 5.32 Å². The van der Waals surface area contributed by atoms with Crippen LogP contribution >= 0.6 is 24.8 Å². The van der Waals surface area contributed by atoms with Gasteiger partial charge in [-0.3, -0.25) is 0 Å². The van der Waals surface area contributed by atoms with E-state index in [-0.39, 0.29) is 46.5 Å². The van der Waals surface area contributed by atoms with E-state index in [9.17, 15) is 0 Å². The zero-order valence-corrected chi connectivity index (χ0v) is 6.96. The molecular formula is C2H8Cl2NTi-. The van der Waals surface area contributed by atoms with Crippen LogP contribution in [0.2, 0.25) is 0 Å². The van der Waals surface area contributed by atoms with Crippen molar-refractivity contribution in [3.63, 3.8) is 0 Å². The molecule has 0 aromatic heterocycles. The van der Waals surface area contributed by atoms with Crippen molar-refractivity contribution < 1.29 is 21.7 Å². The second-order valence-electron chi connectivity index (χ2n) is 0.447. The first-order chi connectivity index (χ1) is 1.41. The quantitative estimate of drug-likeness (QED) is 0.482. The molecule has 0 atom stereocenters. The summed E-state index contributed by atoms with van der Waals surface area (Å²) in [6.07, 6.45) is 0. The summed E-state index contributed by atoms with van der Waals surface area (Å²) in [5.41, 5.74) is 0. The van der Waals surface area contributed by atoms with Crippen LogP contribution in [-0.4, -0.2) is 14.1 Å². The van der Waals surface area contributed by atoms with Crippen molar-refractivity contribution in [3.8, 4) is 0 Å². The molecule has 0 aliphatic rings. The van der Waals surface area contributed by atoms with Crippen LogP contribution in [-0.2, 0) is 21.7 Å². The van der Waals surface area contributed by atoms with Crippen molar-refractivity contribution in [1.29, 1.82) is 0 Å². The summed E-state index contributed by atoms with van der Waals surface area (Å²) in [5.74, 6) is 0. The third-order valence-corrected chi connectivity index (χ3v) is 0. The first kappa shape index (κ1) is 26.8. The van der Waals surface area contributed by atoms with Crippen LogP contribution in [0.15, 0.2) is 0 Å². The monoisotopic (exact) mass is 164 g/mol. The van der Waals surface area contributed by atoms with E-state index < -0.39 is 0 Å². The second-order valence-corrected chi connectivity index (χ2v) is 0.447. The summed E-state index contributed by atoms with van der Waals surface area (Å²) in [7, 11) is 3.50. The Kier molecular flexibility index (Phi) is 152. The molecule has 0 aliphatic heterocycles. The minimum absolute atomic E-state index is 0. The Hall–Kier alpha value is 1.25. The van der Waals surface area contributed by atoms with Crippen molar-refractivity contribution in [1.82, 2.24) is 0 Å². The molecule has 0 heterocycles.